The Kier molecular flexibility index (Phi) is 4.33. The van der Waals surface area contributed by atoms with Crippen LogP contribution in [-0.2, 0) is 15.4 Å². The van der Waals surface area contributed by atoms with E-state index in [4.69, 9.17) is 0 Å². The van der Waals surface area contributed by atoms with E-state index in [1.807, 2.05) is 44.2 Å². The predicted octanol–water partition coefficient (Wildman–Crippen LogP) is 2.29. The van der Waals surface area contributed by atoms with E-state index >= 15 is 0 Å². The van der Waals surface area contributed by atoms with Crippen molar-refractivity contribution >= 4 is 10.0 Å². The molecule has 3 nitrogen and oxygen atoms in total. The minimum absolute atomic E-state index is 0.205. The standard InChI is InChI=1S/C13H21NO2S/c1-11(2)17(15,16)14-10-13(3,4)12-8-6-5-7-9-12/h5-9,11,14H,10H2,1-4H3. The summed E-state index contributed by atoms with van der Waals surface area (Å²) in [5.74, 6) is 0. The lowest BCUT2D eigenvalue weighted by atomic mass is 9.85. The molecule has 0 bridgehead atoms. The summed E-state index contributed by atoms with van der Waals surface area (Å²) in [6.45, 7) is 7.84. The first kappa shape index (κ1) is 14.2. The highest BCUT2D eigenvalue weighted by Crippen LogP contribution is 2.22. The van der Waals surface area contributed by atoms with Gasteiger partial charge in [0.05, 0.1) is 5.25 Å². The minimum atomic E-state index is -3.19. The number of sulfonamides is 1. The van der Waals surface area contributed by atoms with Gasteiger partial charge < -0.3 is 0 Å². The highest BCUT2D eigenvalue weighted by Gasteiger charge is 2.24. The van der Waals surface area contributed by atoms with Gasteiger partial charge in [0.1, 0.15) is 0 Å². The zero-order chi connectivity index (χ0) is 13.1. The Morgan fingerprint density at radius 3 is 2.18 bits per heavy atom. The van der Waals surface area contributed by atoms with Gasteiger partial charge in [0.25, 0.3) is 0 Å². The van der Waals surface area contributed by atoms with Crippen LogP contribution in [0, 0.1) is 0 Å². The molecule has 1 rings (SSSR count). The van der Waals surface area contributed by atoms with Crippen molar-refractivity contribution in [3.8, 4) is 0 Å². The van der Waals surface area contributed by atoms with Crippen LogP contribution in [0.15, 0.2) is 30.3 Å². The van der Waals surface area contributed by atoms with E-state index in [1.54, 1.807) is 13.8 Å². The zero-order valence-electron chi connectivity index (χ0n) is 10.9. The third kappa shape index (κ3) is 3.82. The molecule has 0 radical (unpaired) electrons. The Balaban J connectivity index is 2.76. The van der Waals surface area contributed by atoms with E-state index in [9.17, 15) is 8.42 Å². The molecule has 0 amide bonds. The molecular formula is C13H21NO2S. The second-order valence-electron chi connectivity index (χ2n) is 5.16. The molecule has 0 fully saturated rings. The van der Waals surface area contributed by atoms with Crippen molar-refractivity contribution in [3.05, 3.63) is 35.9 Å². The Labute approximate surface area is 104 Å². The number of benzene rings is 1. The monoisotopic (exact) mass is 255 g/mol. The van der Waals surface area contributed by atoms with E-state index < -0.39 is 15.3 Å². The fraction of sp³-hybridized carbons (Fsp3) is 0.538. The summed E-state index contributed by atoms with van der Waals surface area (Å²) in [5.41, 5.74) is 0.926. The molecule has 0 aromatic heterocycles. The van der Waals surface area contributed by atoms with Crippen molar-refractivity contribution in [2.45, 2.75) is 38.4 Å². The maximum absolute atomic E-state index is 11.7. The van der Waals surface area contributed by atoms with Gasteiger partial charge in [0.2, 0.25) is 10.0 Å². The number of rotatable bonds is 5. The van der Waals surface area contributed by atoms with Crippen LogP contribution >= 0.6 is 0 Å². The van der Waals surface area contributed by atoms with Crippen molar-refractivity contribution < 1.29 is 8.42 Å². The summed E-state index contributed by atoms with van der Waals surface area (Å²) in [4.78, 5) is 0. The van der Waals surface area contributed by atoms with Crippen LogP contribution in [0.2, 0.25) is 0 Å². The van der Waals surface area contributed by atoms with Gasteiger partial charge in [-0.15, -0.1) is 0 Å². The molecule has 0 saturated heterocycles. The molecule has 0 atom stereocenters. The highest BCUT2D eigenvalue weighted by atomic mass is 32.2. The van der Waals surface area contributed by atoms with Gasteiger partial charge in [-0.3, -0.25) is 0 Å². The maximum Gasteiger partial charge on any atom is 0.213 e. The molecule has 0 unspecified atom stereocenters. The minimum Gasteiger partial charge on any atom is -0.214 e. The van der Waals surface area contributed by atoms with Crippen molar-refractivity contribution in [1.29, 1.82) is 0 Å². The number of hydrogen-bond donors (Lipinski definition) is 1. The normalized spacial score (nSPS) is 13.0. The van der Waals surface area contributed by atoms with E-state index in [2.05, 4.69) is 4.72 Å². The average Bonchev–Trinajstić information content (AvgIpc) is 2.28. The molecule has 4 heteroatoms. The van der Waals surface area contributed by atoms with Crippen molar-refractivity contribution in [1.82, 2.24) is 4.72 Å². The van der Waals surface area contributed by atoms with Crippen LogP contribution in [0.4, 0.5) is 0 Å². The molecule has 0 saturated carbocycles. The second kappa shape index (κ2) is 5.19. The van der Waals surface area contributed by atoms with Crippen LogP contribution in [0.25, 0.3) is 0 Å². The lowest BCUT2D eigenvalue weighted by molar-refractivity contribution is 0.498. The molecule has 0 heterocycles. The molecule has 1 aromatic rings. The molecule has 0 spiro atoms. The van der Waals surface area contributed by atoms with Gasteiger partial charge in [-0.2, -0.15) is 0 Å². The van der Waals surface area contributed by atoms with E-state index in [0.717, 1.165) is 5.56 Å². The molecule has 0 aliphatic carbocycles. The van der Waals surface area contributed by atoms with E-state index in [-0.39, 0.29) is 5.41 Å². The summed E-state index contributed by atoms with van der Waals surface area (Å²) in [5, 5.41) is -0.394. The first-order valence-corrected chi connectivity index (χ1v) is 7.34. The van der Waals surface area contributed by atoms with Gasteiger partial charge in [0.15, 0.2) is 0 Å². The molecule has 1 aromatic carbocycles. The largest absolute Gasteiger partial charge is 0.214 e. The van der Waals surface area contributed by atoms with Gasteiger partial charge in [-0.1, -0.05) is 44.2 Å². The van der Waals surface area contributed by atoms with Gasteiger partial charge >= 0.3 is 0 Å². The van der Waals surface area contributed by atoms with Crippen molar-refractivity contribution in [2.24, 2.45) is 0 Å². The first-order valence-electron chi connectivity index (χ1n) is 5.80. The Bertz CT molecular complexity index is 450. The molecule has 0 aliphatic heterocycles. The molecule has 96 valence electrons. The van der Waals surface area contributed by atoms with Gasteiger partial charge in [-0.05, 0) is 19.4 Å². The van der Waals surface area contributed by atoms with Crippen LogP contribution in [0.3, 0.4) is 0 Å². The van der Waals surface area contributed by atoms with E-state index in [1.165, 1.54) is 0 Å². The number of nitrogens with one attached hydrogen (secondary N) is 1. The molecule has 0 aliphatic rings. The fourth-order valence-electron chi connectivity index (χ4n) is 1.44. The fourth-order valence-corrected chi connectivity index (χ4v) is 2.33. The van der Waals surface area contributed by atoms with Crippen molar-refractivity contribution in [3.63, 3.8) is 0 Å². The zero-order valence-corrected chi connectivity index (χ0v) is 11.7. The summed E-state index contributed by atoms with van der Waals surface area (Å²) < 4.78 is 26.1. The van der Waals surface area contributed by atoms with Crippen LogP contribution in [0.5, 0.6) is 0 Å². The molecule has 1 N–H and O–H groups in total. The second-order valence-corrected chi connectivity index (χ2v) is 7.49. The third-order valence-electron chi connectivity index (χ3n) is 2.89. The average molecular weight is 255 g/mol. The topological polar surface area (TPSA) is 46.2 Å². The Morgan fingerprint density at radius 2 is 1.71 bits per heavy atom. The highest BCUT2D eigenvalue weighted by molar-refractivity contribution is 7.90. The number of hydrogen-bond acceptors (Lipinski definition) is 2. The maximum atomic E-state index is 11.7. The summed E-state index contributed by atoms with van der Waals surface area (Å²) >= 11 is 0. The summed E-state index contributed by atoms with van der Waals surface area (Å²) in [6, 6.07) is 9.92. The van der Waals surface area contributed by atoms with Crippen molar-refractivity contribution in [2.75, 3.05) is 6.54 Å². The van der Waals surface area contributed by atoms with Crippen LogP contribution in [0.1, 0.15) is 33.3 Å². The first-order chi connectivity index (χ1) is 7.76. The van der Waals surface area contributed by atoms with Gasteiger partial charge in [0, 0.05) is 12.0 Å². The van der Waals surface area contributed by atoms with E-state index in [0.29, 0.717) is 6.54 Å². The SMILES string of the molecule is CC(C)S(=O)(=O)NCC(C)(C)c1ccccc1. The smallest absolute Gasteiger partial charge is 0.213 e. The molecular weight excluding hydrogens is 234 g/mol. The summed E-state index contributed by atoms with van der Waals surface area (Å²) in [6.07, 6.45) is 0. The van der Waals surface area contributed by atoms with Crippen LogP contribution in [-0.4, -0.2) is 20.2 Å². The van der Waals surface area contributed by atoms with Gasteiger partial charge in [-0.25, -0.2) is 13.1 Å². The molecule has 17 heavy (non-hydrogen) atoms. The third-order valence-corrected chi connectivity index (χ3v) is 4.68. The lowest BCUT2D eigenvalue weighted by Crippen LogP contribution is -2.39. The predicted molar refractivity (Wildman–Crippen MR) is 71.5 cm³/mol. The Hall–Kier alpha value is -0.870. The Morgan fingerprint density at radius 1 is 1.18 bits per heavy atom. The lowest BCUT2D eigenvalue weighted by Gasteiger charge is -2.26. The summed E-state index contributed by atoms with van der Waals surface area (Å²) in [7, 11) is -3.19. The van der Waals surface area contributed by atoms with Crippen LogP contribution < -0.4 is 4.72 Å². The quantitative estimate of drug-likeness (QED) is 0.877.